The van der Waals surface area contributed by atoms with E-state index in [4.69, 9.17) is 0 Å². The predicted molar refractivity (Wildman–Crippen MR) is 65.9 cm³/mol. The van der Waals surface area contributed by atoms with Crippen molar-refractivity contribution in [3.05, 3.63) is 0 Å². The van der Waals surface area contributed by atoms with Crippen LogP contribution in [0.4, 0.5) is 0 Å². The van der Waals surface area contributed by atoms with Crippen molar-refractivity contribution in [1.82, 2.24) is 5.32 Å². The van der Waals surface area contributed by atoms with Gasteiger partial charge in [-0.05, 0) is 50.0 Å². The molecule has 0 amide bonds. The monoisotopic (exact) mass is 209 g/mol. The Bertz CT molecular complexity index is 190. The lowest BCUT2D eigenvalue weighted by molar-refractivity contribution is 0.204. The first-order valence-electron chi connectivity index (χ1n) is 7.03. The van der Waals surface area contributed by atoms with Gasteiger partial charge in [-0.1, -0.05) is 33.1 Å². The lowest BCUT2D eigenvalue weighted by Gasteiger charge is -2.31. The van der Waals surface area contributed by atoms with E-state index in [9.17, 15) is 0 Å². The van der Waals surface area contributed by atoms with Crippen LogP contribution in [-0.4, -0.2) is 12.6 Å². The number of nitrogens with one attached hydrogen (secondary N) is 1. The van der Waals surface area contributed by atoms with Crippen LogP contribution in [0.1, 0.15) is 58.8 Å². The summed E-state index contributed by atoms with van der Waals surface area (Å²) < 4.78 is 0. The Labute approximate surface area is 95.0 Å². The van der Waals surface area contributed by atoms with Gasteiger partial charge in [-0.25, -0.2) is 0 Å². The number of hydrogen-bond donors (Lipinski definition) is 1. The SMILES string of the molecule is CCNC1CCC(C2CCCC(C)C2)C1. The first-order valence-corrected chi connectivity index (χ1v) is 7.03. The smallest absolute Gasteiger partial charge is 0.00697 e. The van der Waals surface area contributed by atoms with E-state index in [0.29, 0.717) is 0 Å². The molecule has 2 aliphatic rings. The zero-order chi connectivity index (χ0) is 10.7. The molecule has 0 aliphatic heterocycles. The molecule has 4 unspecified atom stereocenters. The Hall–Kier alpha value is -0.0400. The molecule has 88 valence electrons. The molecule has 0 heterocycles. The van der Waals surface area contributed by atoms with Crippen LogP contribution in [-0.2, 0) is 0 Å². The molecular weight excluding hydrogens is 182 g/mol. The minimum absolute atomic E-state index is 0.845. The third kappa shape index (κ3) is 2.96. The molecule has 2 rings (SSSR count). The normalized spacial score (nSPS) is 42.0. The van der Waals surface area contributed by atoms with Gasteiger partial charge in [0.05, 0.1) is 0 Å². The van der Waals surface area contributed by atoms with Gasteiger partial charge in [0.2, 0.25) is 0 Å². The average Bonchev–Trinajstić information content (AvgIpc) is 2.67. The van der Waals surface area contributed by atoms with Crippen molar-refractivity contribution in [3.63, 3.8) is 0 Å². The first kappa shape index (κ1) is 11.4. The molecule has 2 aliphatic carbocycles. The van der Waals surface area contributed by atoms with Gasteiger partial charge in [0.25, 0.3) is 0 Å². The van der Waals surface area contributed by atoms with Gasteiger partial charge in [0.15, 0.2) is 0 Å². The molecule has 2 fully saturated rings. The number of hydrogen-bond acceptors (Lipinski definition) is 1. The molecule has 0 saturated heterocycles. The summed E-state index contributed by atoms with van der Waals surface area (Å²) in [6, 6.07) is 0.845. The third-order valence-corrected chi connectivity index (χ3v) is 4.61. The zero-order valence-electron chi connectivity index (χ0n) is 10.5. The van der Waals surface area contributed by atoms with Crippen molar-refractivity contribution in [3.8, 4) is 0 Å². The van der Waals surface area contributed by atoms with E-state index >= 15 is 0 Å². The van der Waals surface area contributed by atoms with E-state index in [1.54, 1.807) is 0 Å². The summed E-state index contributed by atoms with van der Waals surface area (Å²) in [6.45, 7) is 5.83. The highest BCUT2D eigenvalue weighted by Crippen LogP contribution is 2.41. The summed E-state index contributed by atoms with van der Waals surface area (Å²) in [4.78, 5) is 0. The minimum atomic E-state index is 0.845. The van der Waals surface area contributed by atoms with Gasteiger partial charge in [0, 0.05) is 6.04 Å². The minimum Gasteiger partial charge on any atom is -0.314 e. The predicted octanol–water partition coefficient (Wildman–Crippen LogP) is 3.59. The Morgan fingerprint density at radius 3 is 2.53 bits per heavy atom. The maximum atomic E-state index is 3.62. The van der Waals surface area contributed by atoms with Crippen molar-refractivity contribution < 1.29 is 0 Å². The van der Waals surface area contributed by atoms with Gasteiger partial charge in [-0.3, -0.25) is 0 Å². The van der Waals surface area contributed by atoms with Crippen molar-refractivity contribution in [2.45, 2.75) is 64.8 Å². The lowest BCUT2D eigenvalue weighted by atomic mass is 9.75. The van der Waals surface area contributed by atoms with Gasteiger partial charge in [-0.2, -0.15) is 0 Å². The standard InChI is InChI=1S/C14H27N/c1-3-15-14-8-7-13(10-14)12-6-4-5-11(2)9-12/h11-15H,3-10H2,1-2H3. The molecule has 1 nitrogen and oxygen atoms in total. The van der Waals surface area contributed by atoms with Crippen molar-refractivity contribution >= 4 is 0 Å². The van der Waals surface area contributed by atoms with Crippen LogP contribution in [0.5, 0.6) is 0 Å². The molecule has 0 aromatic rings. The highest BCUT2D eigenvalue weighted by Gasteiger charge is 2.32. The van der Waals surface area contributed by atoms with E-state index in [1.165, 1.54) is 44.9 Å². The van der Waals surface area contributed by atoms with E-state index in [0.717, 1.165) is 30.3 Å². The Kier molecular flexibility index (Phi) is 4.07. The second-order valence-electron chi connectivity index (χ2n) is 5.86. The Balaban J connectivity index is 1.79. The van der Waals surface area contributed by atoms with Gasteiger partial charge in [-0.15, -0.1) is 0 Å². The highest BCUT2D eigenvalue weighted by molar-refractivity contribution is 4.86. The fraction of sp³-hybridized carbons (Fsp3) is 1.00. The first-order chi connectivity index (χ1) is 7.29. The zero-order valence-corrected chi connectivity index (χ0v) is 10.5. The van der Waals surface area contributed by atoms with Crippen LogP contribution in [0.3, 0.4) is 0 Å². The molecular formula is C14H27N. The molecule has 1 heteroatoms. The van der Waals surface area contributed by atoms with Crippen LogP contribution >= 0.6 is 0 Å². The van der Waals surface area contributed by atoms with Gasteiger partial charge in [0.1, 0.15) is 0 Å². The third-order valence-electron chi connectivity index (χ3n) is 4.61. The summed E-state index contributed by atoms with van der Waals surface area (Å²) in [5.41, 5.74) is 0. The summed E-state index contributed by atoms with van der Waals surface area (Å²) in [7, 11) is 0. The summed E-state index contributed by atoms with van der Waals surface area (Å²) >= 11 is 0. The molecule has 15 heavy (non-hydrogen) atoms. The quantitative estimate of drug-likeness (QED) is 0.749. The molecule has 0 radical (unpaired) electrons. The van der Waals surface area contributed by atoms with Crippen LogP contribution in [0.15, 0.2) is 0 Å². The fourth-order valence-corrected chi connectivity index (χ4v) is 3.83. The van der Waals surface area contributed by atoms with E-state index < -0.39 is 0 Å². The Morgan fingerprint density at radius 2 is 1.80 bits per heavy atom. The number of rotatable bonds is 3. The largest absolute Gasteiger partial charge is 0.314 e. The van der Waals surface area contributed by atoms with Crippen LogP contribution in [0.2, 0.25) is 0 Å². The van der Waals surface area contributed by atoms with Crippen LogP contribution in [0, 0.1) is 17.8 Å². The molecule has 0 aromatic heterocycles. The van der Waals surface area contributed by atoms with E-state index in [2.05, 4.69) is 19.2 Å². The lowest BCUT2D eigenvalue weighted by Crippen LogP contribution is -2.27. The van der Waals surface area contributed by atoms with Crippen LogP contribution < -0.4 is 5.32 Å². The maximum Gasteiger partial charge on any atom is 0.00697 e. The molecule has 4 atom stereocenters. The van der Waals surface area contributed by atoms with Crippen molar-refractivity contribution in [2.75, 3.05) is 6.54 Å². The van der Waals surface area contributed by atoms with Crippen LogP contribution in [0.25, 0.3) is 0 Å². The van der Waals surface area contributed by atoms with E-state index in [-0.39, 0.29) is 0 Å². The Morgan fingerprint density at radius 1 is 1.00 bits per heavy atom. The van der Waals surface area contributed by atoms with Crippen molar-refractivity contribution in [1.29, 1.82) is 0 Å². The van der Waals surface area contributed by atoms with Crippen molar-refractivity contribution in [2.24, 2.45) is 17.8 Å². The fourth-order valence-electron chi connectivity index (χ4n) is 3.83. The van der Waals surface area contributed by atoms with Gasteiger partial charge >= 0.3 is 0 Å². The maximum absolute atomic E-state index is 3.62. The topological polar surface area (TPSA) is 12.0 Å². The molecule has 0 aromatic carbocycles. The summed E-state index contributed by atoms with van der Waals surface area (Å²) in [6.07, 6.45) is 10.4. The van der Waals surface area contributed by atoms with Gasteiger partial charge < -0.3 is 5.32 Å². The molecule has 1 N–H and O–H groups in total. The second-order valence-corrected chi connectivity index (χ2v) is 5.86. The molecule has 0 spiro atoms. The highest BCUT2D eigenvalue weighted by atomic mass is 14.9. The summed E-state index contributed by atoms with van der Waals surface area (Å²) in [5.74, 6) is 3.12. The molecule has 0 bridgehead atoms. The summed E-state index contributed by atoms with van der Waals surface area (Å²) in [5, 5.41) is 3.62. The second kappa shape index (κ2) is 5.34. The van der Waals surface area contributed by atoms with E-state index in [1.807, 2.05) is 0 Å². The molecule has 2 saturated carbocycles. The average molecular weight is 209 g/mol.